The molecule has 0 spiro atoms. The summed E-state index contributed by atoms with van der Waals surface area (Å²) >= 11 is 3.15. The number of halogens is 2. The number of carbonyl (C=O) groups excluding carboxylic acids is 1. The van der Waals surface area contributed by atoms with E-state index in [2.05, 4.69) is 15.9 Å². The van der Waals surface area contributed by atoms with Crippen LogP contribution in [0.5, 0.6) is 0 Å². The van der Waals surface area contributed by atoms with Crippen LogP contribution in [0.1, 0.15) is 17.3 Å². The fourth-order valence-corrected chi connectivity index (χ4v) is 1.11. The SMILES string of the molecule is C[C@@H](Br)C(=O)c1ccc(F)cc1. The number of carbonyl (C=O) groups is 1. The molecule has 0 aliphatic carbocycles. The summed E-state index contributed by atoms with van der Waals surface area (Å²) in [5.41, 5.74) is 0.528. The Morgan fingerprint density at radius 2 is 1.92 bits per heavy atom. The van der Waals surface area contributed by atoms with E-state index in [4.69, 9.17) is 0 Å². The Hall–Kier alpha value is -0.700. The summed E-state index contributed by atoms with van der Waals surface area (Å²) in [7, 11) is 0. The van der Waals surface area contributed by atoms with Crippen molar-refractivity contribution >= 4 is 21.7 Å². The second-order valence-corrected chi connectivity index (χ2v) is 3.86. The number of benzene rings is 1. The lowest BCUT2D eigenvalue weighted by Crippen LogP contribution is -2.09. The Morgan fingerprint density at radius 1 is 1.42 bits per heavy atom. The highest BCUT2D eigenvalue weighted by molar-refractivity contribution is 9.10. The zero-order chi connectivity index (χ0) is 9.14. The quantitative estimate of drug-likeness (QED) is 0.565. The van der Waals surface area contributed by atoms with Crippen molar-refractivity contribution in [3.63, 3.8) is 0 Å². The Kier molecular flexibility index (Phi) is 2.98. The highest BCUT2D eigenvalue weighted by Gasteiger charge is 2.10. The van der Waals surface area contributed by atoms with Crippen molar-refractivity contribution in [3.05, 3.63) is 35.6 Å². The molecule has 0 heterocycles. The maximum Gasteiger partial charge on any atom is 0.176 e. The maximum atomic E-state index is 12.4. The van der Waals surface area contributed by atoms with Gasteiger partial charge in [0.1, 0.15) is 5.82 Å². The molecule has 0 saturated heterocycles. The standard InChI is InChI=1S/C9H8BrFO/c1-6(10)9(12)7-2-4-8(11)5-3-7/h2-6H,1H3/t6-/m1/s1. The van der Waals surface area contributed by atoms with E-state index in [1.807, 2.05) is 0 Å². The van der Waals surface area contributed by atoms with Gasteiger partial charge in [0.15, 0.2) is 5.78 Å². The van der Waals surface area contributed by atoms with Gasteiger partial charge in [-0.15, -0.1) is 0 Å². The van der Waals surface area contributed by atoms with E-state index in [1.165, 1.54) is 24.3 Å². The van der Waals surface area contributed by atoms with E-state index in [0.717, 1.165) is 0 Å². The fraction of sp³-hybridized carbons (Fsp3) is 0.222. The number of hydrogen-bond acceptors (Lipinski definition) is 1. The summed E-state index contributed by atoms with van der Waals surface area (Å²) in [5, 5.41) is 0. The van der Waals surface area contributed by atoms with E-state index in [-0.39, 0.29) is 16.4 Å². The van der Waals surface area contributed by atoms with E-state index < -0.39 is 0 Å². The van der Waals surface area contributed by atoms with Crippen LogP contribution < -0.4 is 0 Å². The topological polar surface area (TPSA) is 17.1 Å². The summed E-state index contributed by atoms with van der Waals surface area (Å²) in [6, 6.07) is 5.52. The van der Waals surface area contributed by atoms with Gasteiger partial charge >= 0.3 is 0 Å². The molecule has 0 aromatic heterocycles. The van der Waals surface area contributed by atoms with E-state index in [9.17, 15) is 9.18 Å². The monoisotopic (exact) mass is 230 g/mol. The molecule has 1 atom stereocenters. The molecular formula is C9H8BrFO. The van der Waals surface area contributed by atoms with Crippen molar-refractivity contribution in [3.8, 4) is 0 Å². The van der Waals surface area contributed by atoms with Gasteiger partial charge < -0.3 is 0 Å². The van der Waals surface area contributed by atoms with Crippen molar-refractivity contribution in [1.29, 1.82) is 0 Å². The van der Waals surface area contributed by atoms with Crippen molar-refractivity contribution in [2.45, 2.75) is 11.8 Å². The van der Waals surface area contributed by atoms with Gasteiger partial charge in [0.05, 0.1) is 4.83 Å². The predicted molar refractivity (Wildman–Crippen MR) is 49.1 cm³/mol. The molecule has 0 amide bonds. The second-order valence-electron chi connectivity index (χ2n) is 2.49. The molecule has 0 aliphatic rings. The lowest BCUT2D eigenvalue weighted by Gasteiger charge is -2.01. The first kappa shape index (κ1) is 9.39. The Labute approximate surface area is 78.7 Å². The van der Waals surface area contributed by atoms with Crippen LogP contribution in [0.4, 0.5) is 4.39 Å². The summed E-state index contributed by atoms with van der Waals surface area (Å²) in [6.45, 7) is 1.74. The van der Waals surface area contributed by atoms with Gasteiger partial charge in [0, 0.05) is 5.56 Å². The summed E-state index contributed by atoms with van der Waals surface area (Å²) in [6.07, 6.45) is 0. The van der Waals surface area contributed by atoms with Crippen molar-refractivity contribution < 1.29 is 9.18 Å². The molecule has 0 aliphatic heterocycles. The average Bonchev–Trinajstić information content (AvgIpc) is 2.04. The zero-order valence-corrected chi connectivity index (χ0v) is 8.14. The molecule has 0 N–H and O–H groups in total. The molecule has 0 unspecified atom stereocenters. The van der Waals surface area contributed by atoms with Crippen LogP contribution in [0.3, 0.4) is 0 Å². The van der Waals surface area contributed by atoms with Crippen molar-refractivity contribution in [2.75, 3.05) is 0 Å². The number of ketones is 1. The minimum absolute atomic E-state index is 0.0324. The van der Waals surface area contributed by atoms with Crippen LogP contribution in [0, 0.1) is 5.82 Å². The molecule has 1 aromatic carbocycles. The highest BCUT2D eigenvalue weighted by Crippen LogP contribution is 2.10. The van der Waals surface area contributed by atoms with Gasteiger partial charge in [0.2, 0.25) is 0 Å². The number of alkyl halides is 1. The van der Waals surface area contributed by atoms with Gasteiger partial charge in [-0.05, 0) is 31.2 Å². The molecule has 0 bridgehead atoms. The third-order valence-corrected chi connectivity index (χ3v) is 1.91. The number of Topliss-reactive ketones (excluding diaryl/α,β-unsaturated/α-hetero) is 1. The molecule has 1 aromatic rings. The third-order valence-electron chi connectivity index (χ3n) is 1.49. The normalized spacial score (nSPS) is 12.6. The minimum atomic E-state index is -0.325. The smallest absolute Gasteiger partial charge is 0.176 e. The van der Waals surface area contributed by atoms with Crippen LogP contribution in [0.2, 0.25) is 0 Å². The molecule has 0 saturated carbocycles. The minimum Gasteiger partial charge on any atom is -0.293 e. The Morgan fingerprint density at radius 3 is 2.33 bits per heavy atom. The van der Waals surface area contributed by atoms with Crippen LogP contribution in [-0.2, 0) is 0 Å². The van der Waals surface area contributed by atoms with Crippen LogP contribution in [0.15, 0.2) is 24.3 Å². The first-order valence-electron chi connectivity index (χ1n) is 3.55. The first-order valence-corrected chi connectivity index (χ1v) is 4.46. The van der Waals surface area contributed by atoms with E-state index in [0.29, 0.717) is 5.56 Å². The maximum absolute atomic E-state index is 12.4. The van der Waals surface area contributed by atoms with Gasteiger partial charge in [0.25, 0.3) is 0 Å². The molecule has 0 radical (unpaired) electrons. The third kappa shape index (κ3) is 2.14. The number of hydrogen-bond donors (Lipinski definition) is 0. The molecule has 0 fully saturated rings. The zero-order valence-electron chi connectivity index (χ0n) is 6.55. The summed E-state index contributed by atoms with van der Waals surface area (Å²) in [5.74, 6) is -0.358. The van der Waals surface area contributed by atoms with Crippen LogP contribution in [0.25, 0.3) is 0 Å². The predicted octanol–water partition coefficient (Wildman–Crippen LogP) is 2.79. The largest absolute Gasteiger partial charge is 0.293 e. The summed E-state index contributed by atoms with van der Waals surface area (Å²) < 4.78 is 12.4. The molecule has 1 rings (SSSR count). The fourth-order valence-electron chi connectivity index (χ4n) is 0.844. The van der Waals surface area contributed by atoms with Crippen molar-refractivity contribution in [2.24, 2.45) is 0 Å². The Balaban J connectivity index is 2.90. The Bertz CT molecular complexity index is 279. The van der Waals surface area contributed by atoms with Crippen molar-refractivity contribution in [1.82, 2.24) is 0 Å². The van der Waals surface area contributed by atoms with Crippen LogP contribution in [-0.4, -0.2) is 10.6 Å². The first-order chi connectivity index (χ1) is 5.61. The van der Waals surface area contributed by atoms with Gasteiger partial charge in [-0.3, -0.25) is 4.79 Å². The molecule has 64 valence electrons. The highest BCUT2D eigenvalue weighted by atomic mass is 79.9. The summed E-state index contributed by atoms with van der Waals surface area (Å²) in [4.78, 5) is 11.1. The molecule has 1 nitrogen and oxygen atoms in total. The molecule has 3 heteroatoms. The van der Waals surface area contributed by atoms with Gasteiger partial charge in [-0.1, -0.05) is 15.9 Å². The average molecular weight is 231 g/mol. The number of rotatable bonds is 2. The molecule has 12 heavy (non-hydrogen) atoms. The second kappa shape index (κ2) is 3.81. The van der Waals surface area contributed by atoms with Gasteiger partial charge in [-0.25, -0.2) is 4.39 Å². The van der Waals surface area contributed by atoms with Gasteiger partial charge in [-0.2, -0.15) is 0 Å². The lowest BCUT2D eigenvalue weighted by molar-refractivity contribution is 0.0996. The van der Waals surface area contributed by atoms with E-state index in [1.54, 1.807) is 6.92 Å². The lowest BCUT2D eigenvalue weighted by atomic mass is 10.1. The van der Waals surface area contributed by atoms with E-state index >= 15 is 0 Å². The van der Waals surface area contributed by atoms with Crippen LogP contribution >= 0.6 is 15.9 Å². The molecular weight excluding hydrogens is 223 g/mol.